The number of hydrogen-bond donors (Lipinski definition) is 0. The van der Waals surface area contributed by atoms with Crippen LogP contribution in [0, 0.1) is 11.8 Å². The molecule has 0 saturated carbocycles. The van der Waals surface area contributed by atoms with Crippen LogP contribution in [-0.2, 0) is 14.3 Å². The van der Waals surface area contributed by atoms with Crippen molar-refractivity contribution in [1.29, 1.82) is 0 Å². The van der Waals surface area contributed by atoms with Crippen LogP contribution in [0.1, 0.15) is 32.4 Å². The molecule has 2 fully saturated rings. The first-order valence-electron chi connectivity index (χ1n) is 12.7. The molecule has 0 N–H and O–H groups in total. The van der Waals surface area contributed by atoms with Crippen LogP contribution in [0.15, 0.2) is 103 Å². The number of benzene rings is 4. The van der Waals surface area contributed by atoms with E-state index in [0.29, 0.717) is 27.8 Å². The van der Waals surface area contributed by atoms with Gasteiger partial charge in [0, 0.05) is 16.1 Å². The summed E-state index contributed by atoms with van der Waals surface area (Å²) in [6.45, 7) is 0. The van der Waals surface area contributed by atoms with Gasteiger partial charge < -0.3 is 9.47 Å². The highest BCUT2D eigenvalue weighted by atomic mass is 35.5. The average Bonchev–Trinajstić information content (AvgIpc) is 3.55. The number of anilines is 1. The van der Waals surface area contributed by atoms with Crippen molar-refractivity contribution in [2.75, 3.05) is 4.90 Å². The number of ether oxygens (including phenoxy) is 2. The molecule has 8 heteroatoms. The number of ketones is 2. The Balaban J connectivity index is 1.28. The molecule has 1 aliphatic carbocycles. The van der Waals surface area contributed by atoms with Crippen LogP contribution in [0.25, 0.3) is 0 Å². The van der Waals surface area contributed by atoms with Gasteiger partial charge in [-0.1, -0.05) is 66.2 Å². The molecule has 3 atom stereocenters. The minimum atomic E-state index is -2.10. The number of amides is 2. The highest BCUT2D eigenvalue weighted by Gasteiger charge is 2.74. The Bertz CT molecular complexity index is 1660. The van der Waals surface area contributed by atoms with E-state index in [9.17, 15) is 19.2 Å². The molecule has 3 aliphatic rings. The Labute approximate surface area is 233 Å². The molecule has 0 bridgehead atoms. The fraction of sp³-hybridized carbons (Fsp3) is 0.125. The van der Waals surface area contributed by atoms with Gasteiger partial charge in [0.2, 0.25) is 29.0 Å². The molecule has 0 radical (unpaired) electrons. The smallest absolute Gasteiger partial charge is 0.241 e. The Morgan fingerprint density at radius 2 is 1.23 bits per heavy atom. The van der Waals surface area contributed by atoms with Gasteiger partial charge in [0.1, 0.15) is 11.5 Å². The number of nitrogens with zero attached hydrogens (tertiary/aromatic N) is 1. The predicted octanol–water partition coefficient (Wildman–Crippen LogP) is 5.83. The van der Waals surface area contributed by atoms with Gasteiger partial charge in [-0.2, -0.15) is 0 Å². The summed E-state index contributed by atoms with van der Waals surface area (Å²) in [5.41, 5.74) is -0.788. The topological polar surface area (TPSA) is 90.0 Å². The fourth-order valence-corrected chi connectivity index (χ4v) is 6.14. The van der Waals surface area contributed by atoms with E-state index >= 15 is 0 Å². The lowest BCUT2D eigenvalue weighted by atomic mass is 9.77. The second-order valence-corrected chi connectivity index (χ2v) is 10.4. The normalized spacial score (nSPS) is 22.6. The molecule has 0 aromatic heterocycles. The summed E-state index contributed by atoms with van der Waals surface area (Å²) in [5, 5.41) is 0.581. The van der Waals surface area contributed by atoms with E-state index in [-0.39, 0.29) is 11.1 Å². The molecule has 0 unspecified atom stereocenters. The predicted molar refractivity (Wildman–Crippen MR) is 146 cm³/mol. The van der Waals surface area contributed by atoms with Gasteiger partial charge >= 0.3 is 0 Å². The first-order valence-corrected chi connectivity index (χ1v) is 13.1. The second kappa shape index (κ2) is 8.98. The third kappa shape index (κ3) is 3.41. The first kappa shape index (κ1) is 24.5. The van der Waals surface area contributed by atoms with E-state index in [4.69, 9.17) is 21.1 Å². The van der Waals surface area contributed by atoms with Gasteiger partial charge in [0.15, 0.2) is 0 Å². The number of Topliss-reactive ketones (excluding diaryl/α,β-unsaturated/α-hetero) is 2. The molecular formula is C32H20ClNO6. The van der Waals surface area contributed by atoms with E-state index in [1.165, 1.54) is 0 Å². The third-order valence-electron chi connectivity index (χ3n) is 7.79. The summed E-state index contributed by atoms with van der Waals surface area (Å²) < 4.78 is 12.1. The van der Waals surface area contributed by atoms with Crippen LogP contribution >= 0.6 is 11.6 Å². The van der Waals surface area contributed by atoms with Crippen molar-refractivity contribution in [2.24, 2.45) is 11.8 Å². The Kier molecular flexibility index (Phi) is 5.49. The molecule has 2 saturated heterocycles. The van der Waals surface area contributed by atoms with Crippen LogP contribution in [0.2, 0.25) is 5.02 Å². The molecule has 196 valence electrons. The summed E-state index contributed by atoms with van der Waals surface area (Å²) in [6.07, 6.45) is -0.956. The van der Waals surface area contributed by atoms with Crippen molar-refractivity contribution in [1.82, 2.24) is 0 Å². The van der Waals surface area contributed by atoms with E-state index in [1.807, 2.05) is 6.07 Å². The Hall–Kier alpha value is -4.59. The van der Waals surface area contributed by atoms with Crippen molar-refractivity contribution < 1.29 is 28.7 Å². The zero-order valence-corrected chi connectivity index (χ0v) is 21.6. The minimum Gasteiger partial charge on any atom is -0.457 e. The van der Waals surface area contributed by atoms with Crippen LogP contribution in [0.4, 0.5) is 5.69 Å². The highest BCUT2D eigenvalue weighted by Crippen LogP contribution is 2.57. The van der Waals surface area contributed by atoms with Crippen molar-refractivity contribution in [3.63, 3.8) is 0 Å². The average molecular weight is 550 g/mol. The summed E-state index contributed by atoms with van der Waals surface area (Å²) in [4.78, 5) is 56.8. The van der Waals surface area contributed by atoms with E-state index in [1.54, 1.807) is 97.1 Å². The minimum absolute atomic E-state index is 0.197. The van der Waals surface area contributed by atoms with Gasteiger partial charge in [-0.25, -0.2) is 4.90 Å². The zero-order chi connectivity index (χ0) is 27.6. The van der Waals surface area contributed by atoms with Crippen LogP contribution < -0.4 is 9.64 Å². The van der Waals surface area contributed by atoms with Crippen LogP contribution in [-0.4, -0.2) is 29.0 Å². The molecule has 4 aromatic carbocycles. The molecular weight excluding hydrogens is 530 g/mol. The molecule has 4 aromatic rings. The second-order valence-electron chi connectivity index (χ2n) is 9.95. The Morgan fingerprint density at radius 1 is 0.675 bits per heavy atom. The van der Waals surface area contributed by atoms with Crippen LogP contribution in [0.3, 0.4) is 0 Å². The molecule has 2 heterocycles. The largest absolute Gasteiger partial charge is 0.457 e. The van der Waals surface area contributed by atoms with Crippen LogP contribution in [0.5, 0.6) is 11.5 Å². The maximum absolute atomic E-state index is 14.1. The SMILES string of the molecule is O=C1[C@@H]2[C@@H](c3ccccc3)OC3(C(=O)c4ccccc4C3=O)[C@@H]2C(=O)N1c1ccc(Oc2ccc(Cl)cc2)cc1. The molecule has 2 aliphatic heterocycles. The molecule has 7 rings (SSSR count). The summed E-state index contributed by atoms with van der Waals surface area (Å²) in [7, 11) is 0. The first-order chi connectivity index (χ1) is 19.4. The maximum atomic E-state index is 14.1. The van der Waals surface area contributed by atoms with Crippen molar-refractivity contribution >= 4 is 40.7 Å². The molecule has 7 nitrogen and oxygen atoms in total. The number of carbonyl (C=O) groups excluding carboxylic acids is 4. The lowest BCUT2D eigenvalue weighted by molar-refractivity contribution is -0.127. The van der Waals surface area contributed by atoms with Crippen molar-refractivity contribution in [3.8, 4) is 11.5 Å². The monoisotopic (exact) mass is 549 g/mol. The summed E-state index contributed by atoms with van der Waals surface area (Å²) >= 11 is 5.94. The number of halogens is 1. The standard InChI is InChI=1S/C32H20ClNO6/c33-19-10-14-21(15-11-19)39-22-16-12-20(13-17-22)34-30(37)25-26(31(34)38)32(40-27(25)18-6-2-1-3-7-18)28(35)23-8-4-5-9-24(23)29(32)36/h1-17,25-27H/t25-,26-,27+/m0/s1. The molecule has 40 heavy (non-hydrogen) atoms. The number of hydrogen-bond acceptors (Lipinski definition) is 6. The van der Waals surface area contributed by atoms with Gasteiger partial charge in [-0.3, -0.25) is 19.2 Å². The van der Waals surface area contributed by atoms with Gasteiger partial charge in [-0.15, -0.1) is 0 Å². The van der Waals surface area contributed by atoms with Gasteiger partial charge in [0.05, 0.1) is 23.6 Å². The molecule has 2 amide bonds. The number of imide groups is 1. The quantitative estimate of drug-likeness (QED) is 0.235. The number of fused-ring (bicyclic) bond motifs is 3. The van der Waals surface area contributed by atoms with E-state index in [2.05, 4.69) is 0 Å². The van der Waals surface area contributed by atoms with Crippen molar-refractivity contribution in [2.45, 2.75) is 11.7 Å². The summed E-state index contributed by atoms with van der Waals surface area (Å²) in [5.74, 6) is -3.64. The number of rotatable bonds is 4. The van der Waals surface area contributed by atoms with Gasteiger partial charge in [-0.05, 0) is 54.1 Å². The lowest BCUT2D eigenvalue weighted by Gasteiger charge is -2.27. The van der Waals surface area contributed by atoms with Crippen molar-refractivity contribution in [3.05, 3.63) is 125 Å². The summed E-state index contributed by atoms with van der Waals surface area (Å²) in [6, 6.07) is 28.7. The van der Waals surface area contributed by atoms with E-state index < -0.39 is 46.9 Å². The fourth-order valence-electron chi connectivity index (χ4n) is 6.02. The zero-order valence-electron chi connectivity index (χ0n) is 20.8. The number of carbonyl (C=O) groups is 4. The van der Waals surface area contributed by atoms with Gasteiger partial charge in [0.25, 0.3) is 0 Å². The third-order valence-corrected chi connectivity index (χ3v) is 8.04. The lowest BCUT2D eigenvalue weighted by Crippen LogP contribution is -2.51. The molecule has 1 spiro atoms. The maximum Gasteiger partial charge on any atom is 0.241 e. The Morgan fingerprint density at radius 3 is 1.82 bits per heavy atom. The van der Waals surface area contributed by atoms with E-state index in [0.717, 1.165) is 4.90 Å². The highest BCUT2D eigenvalue weighted by molar-refractivity contribution is 6.37.